The van der Waals surface area contributed by atoms with Crippen LogP contribution in [0.1, 0.15) is 22.8 Å². The molecule has 1 aromatic rings. The molecule has 0 fully saturated rings. The van der Waals surface area contributed by atoms with E-state index in [4.69, 9.17) is 16.3 Å². The Kier molecular flexibility index (Phi) is 5.91. The summed E-state index contributed by atoms with van der Waals surface area (Å²) in [5, 5.41) is 0. The molecular formula is C12H12ClIO3. The first kappa shape index (κ1) is 14.4. The number of alkyl halides is 1. The molecular weight excluding hydrogens is 354 g/mol. The van der Waals surface area contributed by atoms with Gasteiger partial charge in [0.25, 0.3) is 0 Å². The molecule has 17 heavy (non-hydrogen) atoms. The molecule has 0 saturated carbocycles. The molecule has 0 radical (unpaired) electrons. The van der Waals surface area contributed by atoms with E-state index in [1.807, 2.05) is 6.07 Å². The predicted octanol–water partition coefficient (Wildman–Crippen LogP) is 2.82. The second-order valence-electron chi connectivity index (χ2n) is 3.37. The second kappa shape index (κ2) is 6.96. The van der Waals surface area contributed by atoms with Crippen LogP contribution < -0.4 is 0 Å². The molecule has 0 N–H and O–H groups in total. The Labute approximate surface area is 119 Å². The number of carbonyl (C=O) groups excluding carboxylic acids is 2. The molecule has 0 spiro atoms. The molecule has 0 aromatic heterocycles. The highest BCUT2D eigenvalue weighted by Gasteiger charge is 2.14. The molecule has 1 aromatic carbocycles. The van der Waals surface area contributed by atoms with Crippen LogP contribution in [0, 0.1) is 3.57 Å². The van der Waals surface area contributed by atoms with Gasteiger partial charge in [0.05, 0.1) is 18.1 Å². The highest BCUT2D eigenvalue weighted by Crippen LogP contribution is 2.16. The second-order valence-corrected chi connectivity index (χ2v) is 4.88. The topological polar surface area (TPSA) is 43.4 Å². The van der Waals surface area contributed by atoms with Crippen molar-refractivity contribution in [2.45, 2.75) is 13.3 Å². The summed E-state index contributed by atoms with van der Waals surface area (Å²) in [5.41, 5.74) is 1.10. The quantitative estimate of drug-likeness (QED) is 0.457. The molecule has 5 heteroatoms. The van der Waals surface area contributed by atoms with E-state index in [-0.39, 0.29) is 18.1 Å². The zero-order valence-electron chi connectivity index (χ0n) is 9.33. The van der Waals surface area contributed by atoms with Crippen LogP contribution >= 0.6 is 34.2 Å². The minimum absolute atomic E-state index is 0.0479. The normalized spacial score (nSPS) is 10.1. The van der Waals surface area contributed by atoms with Gasteiger partial charge in [-0.1, -0.05) is 0 Å². The Bertz CT molecular complexity index is 432. The van der Waals surface area contributed by atoms with Gasteiger partial charge in [0.15, 0.2) is 5.78 Å². The fraction of sp³-hybridized carbons (Fsp3) is 0.333. The van der Waals surface area contributed by atoms with E-state index in [9.17, 15) is 9.59 Å². The number of carbonyl (C=O) groups is 2. The summed E-state index contributed by atoms with van der Waals surface area (Å²) < 4.78 is 5.90. The molecule has 0 saturated heterocycles. The lowest BCUT2D eigenvalue weighted by molar-refractivity contribution is -0.116. The number of ether oxygens (including phenoxy) is 1. The third kappa shape index (κ3) is 4.27. The van der Waals surface area contributed by atoms with Gasteiger partial charge in [-0.15, -0.1) is 11.6 Å². The summed E-state index contributed by atoms with van der Waals surface area (Å²) in [5.74, 6) is -0.561. The summed E-state index contributed by atoms with van der Waals surface area (Å²) in [6, 6.07) is 5.29. The fourth-order valence-corrected chi connectivity index (χ4v) is 2.03. The van der Waals surface area contributed by atoms with Crippen LogP contribution in [0.2, 0.25) is 0 Å². The molecule has 0 bridgehead atoms. The first-order chi connectivity index (χ1) is 8.08. The molecule has 3 nitrogen and oxygen atoms in total. The van der Waals surface area contributed by atoms with E-state index >= 15 is 0 Å². The van der Waals surface area contributed by atoms with Crippen molar-refractivity contribution in [3.63, 3.8) is 0 Å². The van der Waals surface area contributed by atoms with Gasteiger partial charge < -0.3 is 4.74 Å². The number of rotatable bonds is 5. The van der Waals surface area contributed by atoms with Crippen molar-refractivity contribution in [3.8, 4) is 0 Å². The number of hydrogen-bond donors (Lipinski definition) is 0. The number of halogens is 2. The molecule has 0 aliphatic carbocycles. The number of hydrogen-bond acceptors (Lipinski definition) is 3. The van der Waals surface area contributed by atoms with Crippen molar-refractivity contribution in [2.24, 2.45) is 0 Å². The van der Waals surface area contributed by atoms with E-state index in [1.165, 1.54) is 0 Å². The zero-order chi connectivity index (χ0) is 12.8. The lowest BCUT2D eigenvalue weighted by atomic mass is 10.0. The minimum Gasteiger partial charge on any atom is -0.462 e. The average Bonchev–Trinajstić information content (AvgIpc) is 2.29. The Morgan fingerprint density at radius 3 is 2.71 bits per heavy atom. The summed E-state index contributed by atoms with van der Waals surface area (Å²) >= 11 is 7.60. The molecule has 0 aliphatic heterocycles. The van der Waals surface area contributed by atoms with E-state index < -0.39 is 5.97 Å². The molecule has 0 heterocycles. The summed E-state index contributed by atoms with van der Waals surface area (Å²) in [7, 11) is 0. The summed E-state index contributed by atoms with van der Waals surface area (Å²) in [6.07, 6.45) is 0.161. The van der Waals surface area contributed by atoms with Crippen molar-refractivity contribution >= 4 is 45.9 Å². The SMILES string of the molecule is CCOC(=O)c1ccc(I)cc1CC(=O)CCl. The first-order valence-corrected chi connectivity index (χ1v) is 6.73. The van der Waals surface area contributed by atoms with Crippen LogP contribution in [-0.2, 0) is 16.0 Å². The van der Waals surface area contributed by atoms with Gasteiger partial charge in [0, 0.05) is 9.99 Å². The summed E-state index contributed by atoms with van der Waals surface area (Å²) in [6.45, 7) is 2.06. The van der Waals surface area contributed by atoms with Crippen molar-refractivity contribution in [2.75, 3.05) is 12.5 Å². The number of benzene rings is 1. The van der Waals surface area contributed by atoms with E-state index in [0.717, 1.165) is 3.57 Å². The van der Waals surface area contributed by atoms with Crippen LogP contribution in [0.3, 0.4) is 0 Å². The van der Waals surface area contributed by atoms with Crippen molar-refractivity contribution in [1.29, 1.82) is 0 Å². The van der Waals surface area contributed by atoms with Crippen molar-refractivity contribution in [1.82, 2.24) is 0 Å². The van der Waals surface area contributed by atoms with Crippen LogP contribution in [0.25, 0.3) is 0 Å². The van der Waals surface area contributed by atoms with Gasteiger partial charge in [-0.05, 0) is 53.3 Å². The standard InChI is InChI=1S/C12H12ClIO3/c1-2-17-12(16)11-4-3-9(14)5-8(11)6-10(15)7-13/h3-5H,2,6-7H2,1H3. The molecule has 0 unspecified atom stereocenters. The smallest absolute Gasteiger partial charge is 0.338 e. The maximum Gasteiger partial charge on any atom is 0.338 e. The van der Waals surface area contributed by atoms with Gasteiger partial charge in [0.2, 0.25) is 0 Å². The first-order valence-electron chi connectivity index (χ1n) is 5.11. The van der Waals surface area contributed by atoms with Gasteiger partial charge >= 0.3 is 5.97 Å². The fourth-order valence-electron chi connectivity index (χ4n) is 1.38. The highest BCUT2D eigenvalue weighted by atomic mass is 127. The van der Waals surface area contributed by atoms with Gasteiger partial charge in [-0.3, -0.25) is 4.79 Å². The lowest BCUT2D eigenvalue weighted by Crippen LogP contribution is -2.12. The zero-order valence-corrected chi connectivity index (χ0v) is 12.2. The van der Waals surface area contributed by atoms with Crippen LogP contribution in [0.4, 0.5) is 0 Å². The Balaban J connectivity index is 3.03. The van der Waals surface area contributed by atoms with Gasteiger partial charge in [-0.2, -0.15) is 0 Å². The molecule has 0 aliphatic rings. The van der Waals surface area contributed by atoms with E-state index in [0.29, 0.717) is 17.7 Å². The maximum absolute atomic E-state index is 11.7. The third-order valence-electron chi connectivity index (χ3n) is 2.10. The van der Waals surface area contributed by atoms with Crippen LogP contribution in [0.5, 0.6) is 0 Å². The van der Waals surface area contributed by atoms with Gasteiger partial charge in [0.1, 0.15) is 0 Å². The minimum atomic E-state index is -0.402. The maximum atomic E-state index is 11.7. The average molecular weight is 367 g/mol. The van der Waals surface area contributed by atoms with Crippen LogP contribution in [0.15, 0.2) is 18.2 Å². The Hall–Kier alpha value is -0.620. The third-order valence-corrected chi connectivity index (χ3v) is 3.07. The van der Waals surface area contributed by atoms with Gasteiger partial charge in [-0.25, -0.2) is 4.79 Å². The van der Waals surface area contributed by atoms with Crippen molar-refractivity contribution < 1.29 is 14.3 Å². The molecule has 92 valence electrons. The highest BCUT2D eigenvalue weighted by molar-refractivity contribution is 14.1. The Morgan fingerprint density at radius 1 is 1.41 bits per heavy atom. The summed E-state index contributed by atoms with van der Waals surface area (Å²) in [4.78, 5) is 23.0. The lowest BCUT2D eigenvalue weighted by Gasteiger charge is -2.08. The largest absolute Gasteiger partial charge is 0.462 e. The molecule has 0 amide bonds. The van der Waals surface area contributed by atoms with E-state index in [1.54, 1.807) is 19.1 Å². The Morgan fingerprint density at radius 2 is 2.12 bits per heavy atom. The van der Waals surface area contributed by atoms with E-state index in [2.05, 4.69) is 22.6 Å². The van der Waals surface area contributed by atoms with Crippen LogP contribution in [-0.4, -0.2) is 24.2 Å². The molecule has 1 rings (SSSR count). The number of esters is 1. The molecule has 0 atom stereocenters. The predicted molar refractivity (Wildman–Crippen MR) is 74.5 cm³/mol. The number of Topliss-reactive ketones (excluding diaryl/α,β-unsaturated/α-hetero) is 1. The van der Waals surface area contributed by atoms with Crippen molar-refractivity contribution in [3.05, 3.63) is 32.9 Å². The monoisotopic (exact) mass is 366 g/mol. The number of ketones is 1.